The van der Waals surface area contributed by atoms with Crippen LogP contribution in [0.4, 0.5) is 0 Å². The zero-order chi connectivity index (χ0) is 13.3. The van der Waals surface area contributed by atoms with Crippen molar-refractivity contribution >= 4 is 15.7 Å². The maximum absolute atomic E-state index is 12.1. The van der Waals surface area contributed by atoms with Crippen LogP contribution in [0.5, 0.6) is 0 Å². The SMILES string of the molecule is Cn1cc(C(N)C(=O)N2CCS(=O)(=O)CC2)cn1. The maximum atomic E-state index is 12.1. The fourth-order valence-corrected chi connectivity index (χ4v) is 3.07. The summed E-state index contributed by atoms with van der Waals surface area (Å²) < 4.78 is 24.1. The summed E-state index contributed by atoms with van der Waals surface area (Å²) >= 11 is 0. The normalized spacial score (nSPS) is 20.7. The molecule has 1 amide bonds. The Morgan fingerprint density at radius 3 is 2.56 bits per heavy atom. The fourth-order valence-electron chi connectivity index (χ4n) is 1.87. The minimum atomic E-state index is -2.99. The molecule has 0 aliphatic carbocycles. The van der Waals surface area contributed by atoms with Crippen LogP contribution in [0.3, 0.4) is 0 Å². The molecule has 1 aliphatic rings. The Balaban J connectivity index is 2.04. The Bertz CT molecular complexity index is 537. The molecule has 2 heterocycles. The number of aromatic nitrogens is 2. The van der Waals surface area contributed by atoms with Gasteiger partial charge < -0.3 is 10.6 Å². The van der Waals surface area contributed by atoms with Gasteiger partial charge in [-0.15, -0.1) is 0 Å². The van der Waals surface area contributed by atoms with E-state index < -0.39 is 15.9 Å². The lowest BCUT2D eigenvalue weighted by Gasteiger charge is -2.28. The van der Waals surface area contributed by atoms with Gasteiger partial charge in [-0.1, -0.05) is 0 Å². The minimum absolute atomic E-state index is 0.0124. The lowest BCUT2D eigenvalue weighted by Crippen LogP contribution is -2.47. The Morgan fingerprint density at radius 1 is 1.44 bits per heavy atom. The molecule has 100 valence electrons. The molecule has 0 radical (unpaired) electrons. The molecule has 0 aromatic carbocycles. The molecular weight excluding hydrogens is 256 g/mol. The van der Waals surface area contributed by atoms with Crippen molar-refractivity contribution in [3.05, 3.63) is 18.0 Å². The van der Waals surface area contributed by atoms with E-state index in [-0.39, 0.29) is 30.5 Å². The Kier molecular flexibility index (Phi) is 3.40. The molecule has 0 bridgehead atoms. The van der Waals surface area contributed by atoms with Crippen LogP contribution in [0, 0.1) is 0 Å². The summed E-state index contributed by atoms with van der Waals surface area (Å²) in [6.45, 7) is 0.435. The van der Waals surface area contributed by atoms with Crippen molar-refractivity contribution in [2.75, 3.05) is 24.6 Å². The monoisotopic (exact) mass is 272 g/mol. The van der Waals surface area contributed by atoms with Gasteiger partial charge in [-0.05, 0) is 0 Å². The highest BCUT2D eigenvalue weighted by Crippen LogP contribution is 2.14. The highest BCUT2D eigenvalue weighted by molar-refractivity contribution is 7.91. The average Bonchev–Trinajstić information content (AvgIpc) is 2.74. The number of nitrogens with two attached hydrogens (primary N) is 1. The molecular formula is C10H16N4O3S. The summed E-state index contributed by atoms with van der Waals surface area (Å²) in [7, 11) is -1.24. The van der Waals surface area contributed by atoms with Gasteiger partial charge in [0.25, 0.3) is 0 Å². The fraction of sp³-hybridized carbons (Fsp3) is 0.600. The second kappa shape index (κ2) is 4.69. The number of aryl methyl sites for hydroxylation is 1. The summed E-state index contributed by atoms with van der Waals surface area (Å²) in [5, 5.41) is 3.96. The molecule has 7 nitrogen and oxygen atoms in total. The number of sulfone groups is 1. The van der Waals surface area contributed by atoms with E-state index in [9.17, 15) is 13.2 Å². The minimum Gasteiger partial charge on any atom is -0.339 e. The van der Waals surface area contributed by atoms with Crippen LogP contribution in [0.15, 0.2) is 12.4 Å². The first-order valence-corrected chi connectivity index (χ1v) is 7.44. The molecule has 0 saturated carbocycles. The lowest BCUT2D eigenvalue weighted by molar-refractivity contribution is -0.132. The average molecular weight is 272 g/mol. The molecule has 8 heteroatoms. The standard InChI is InChI=1S/C10H16N4O3S/c1-13-7-8(6-12-13)9(11)10(15)14-2-4-18(16,17)5-3-14/h6-7,9H,2-5,11H2,1H3. The molecule has 1 aromatic rings. The molecule has 1 saturated heterocycles. The summed E-state index contributed by atoms with van der Waals surface area (Å²) in [5.41, 5.74) is 6.49. The van der Waals surface area contributed by atoms with Gasteiger partial charge in [0.05, 0.1) is 17.7 Å². The van der Waals surface area contributed by atoms with E-state index in [1.165, 1.54) is 4.90 Å². The van der Waals surface area contributed by atoms with Crippen molar-refractivity contribution < 1.29 is 13.2 Å². The van der Waals surface area contributed by atoms with Crippen LogP contribution in [0.1, 0.15) is 11.6 Å². The van der Waals surface area contributed by atoms with Crippen molar-refractivity contribution in [2.45, 2.75) is 6.04 Å². The molecule has 2 N–H and O–H groups in total. The van der Waals surface area contributed by atoms with Crippen LogP contribution in [0.25, 0.3) is 0 Å². The molecule has 1 fully saturated rings. The number of nitrogens with zero attached hydrogens (tertiary/aromatic N) is 3. The smallest absolute Gasteiger partial charge is 0.244 e. The number of carbonyl (C=O) groups is 1. The third-order valence-corrected chi connectivity index (χ3v) is 4.62. The lowest BCUT2D eigenvalue weighted by atomic mass is 10.1. The van der Waals surface area contributed by atoms with E-state index >= 15 is 0 Å². The van der Waals surface area contributed by atoms with Gasteiger partial charge in [0.2, 0.25) is 5.91 Å². The summed E-state index contributed by atoms with van der Waals surface area (Å²) in [6, 6.07) is -0.778. The van der Waals surface area contributed by atoms with Gasteiger partial charge in [-0.25, -0.2) is 8.42 Å². The largest absolute Gasteiger partial charge is 0.339 e. The van der Waals surface area contributed by atoms with E-state index in [2.05, 4.69) is 5.10 Å². The first-order chi connectivity index (χ1) is 8.39. The molecule has 1 unspecified atom stereocenters. The number of hydrogen-bond acceptors (Lipinski definition) is 5. The van der Waals surface area contributed by atoms with Gasteiger partial charge in [-0.2, -0.15) is 5.10 Å². The highest BCUT2D eigenvalue weighted by atomic mass is 32.2. The van der Waals surface area contributed by atoms with Crippen LogP contribution >= 0.6 is 0 Å². The second-order valence-corrected chi connectivity index (χ2v) is 6.71. The number of hydrogen-bond donors (Lipinski definition) is 1. The highest BCUT2D eigenvalue weighted by Gasteiger charge is 2.29. The quantitative estimate of drug-likeness (QED) is 0.720. The molecule has 2 rings (SSSR count). The van der Waals surface area contributed by atoms with Crippen molar-refractivity contribution in [3.8, 4) is 0 Å². The molecule has 18 heavy (non-hydrogen) atoms. The van der Waals surface area contributed by atoms with Gasteiger partial charge in [0.15, 0.2) is 9.84 Å². The third kappa shape index (κ3) is 2.70. The Hall–Kier alpha value is -1.41. The van der Waals surface area contributed by atoms with E-state index in [0.717, 1.165) is 0 Å². The molecule has 0 spiro atoms. The van der Waals surface area contributed by atoms with Crippen molar-refractivity contribution in [2.24, 2.45) is 12.8 Å². The first-order valence-electron chi connectivity index (χ1n) is 5.62. The van der Waals surface area contributed by atoms with Crippen LogP contribution in [0.2, 0.25) is 0 Å². The number of carbonyl (C=O) groups excluding carboxylic acids is 1. The van der Waals surface area contributed by atoms with Crippen molar-refractivity contribution in [1.82, 2.24) is 14.7 Å². The van der Waals surface area contributed by atoms with E-state index in [4.69, 9.17) is 5.73 Å². The zero-order valence-electron chi connectivity index (χ0n) is 10.1. The van der Waals surface area contributed by atoms with E-state index in [1.54, 1.807) is 24.1 Å². The van der Waals surface area contributed by atoms with Crippen molar-refractivity contribution in [3.63, 3.8) is 0 Å². The van der Waals surface area contributed by atoms with Gasteiger partial charge >= 0.3 is 0 Å². The van der Waals surface area contributed by atoms with Gasteiger partial charge in [-0.3, -0.25) is 9.48 Å². The summed E-state index contributed by atoms with van der Waals surface area (Å²) in [4.78, 5) is 13.6. The van der Waals surface area contributed by atoms with Crippen LogP contribution in [-0.2, 0) is 21.7 Å². The zero-order valence-corrected chi connectivity index (χ0v) is 10.9. The van der Waals surface area contributed by atoms with E-state index in [1.807, 2.05) is 0 Å². The Labute approximate surface area is 105 Å². The predicted molar refractivity (Wildman–Crippen MR) is 65.4 cm³/mol. The number of amides is 1. The molecule has 1 atom stereocenters. The second-order valence-electron chi connectivity index (χ2n) is 4.40. The first kappa shape index (κ1) is 13.0. The van der Waals surface area contributed by atoms with E-state index in [0.29, 0.717) is 5.56 Å². The van der Waals surface area contributed by atoms with Gasteiger partial charge in [0, 0.05) is 31.9 Å². The van der Waals surface area contributed by atoms with Crippen molar-refractivity contribution in [1.29, 1.82) is 0 Å². The molecule has 1 aliphatic heterocycles. The topological polar surface area (TPSA) is 98.3 Å². The van der Waals surface area contributed by atoms with Crippen LogP contribution in [-0.4, -0.2) is 53.6 Å². The Morgan fingerprint density at radius 2 is 2.06 bits per heavy atom. The summed E-state index contributed by atoms with van der Waals surface area (Å²) in [6.07, 6.45) is 3.23. The predicted octanol–water partition coefficient (Wildman–Crippen LogP) is -1.32. The maximum Gasteiger partial charge on any atom is 0.244 e. The molecule has 1 aromatic heterocycles. The van der Waals surface area contributed by atoms with Crippen LogP contribution < -0.4 is 5.73 Å². The summed E-state index contributed by atoms with van der Waals surface area (Å²) in [5.74, 6) is -0.227. The van der Waals surface area contributed by atoms with Gasteiger partial charge in [0.1, 0.15) is 6.04 Å². The third-order valence-electron chi connectivity index (χ3n) is 3.01. The number of rotatable bonds is 2.